The monoisotopic (exact) mass is 695 g/mol. The van der Waals surface area contributed by atoms with Crippen LogP contribution in [0.25, 0.3) is 11.3 Å². The number of oxazole rings is 1. The number of carbonyl (C=O) groups excluding carboxylic acids is 3. The Morgan fingerprint density at radius 3 is 2.48 bits per heavy atom. The number of ether oxygens (including phenoxy) is 1. The summed E-state index contributed by atoms with van der Waals surface area (Å²) >= 11 is 12.6. The molecule has 2 aromatic carbocycles. The average Bonchev–Trinajstić information content (AvgIpc) is 3.71. The van der Waals surface area contributed by atoms with Crippen molar-refractivity contribution in [3.63, 3.8) is 0 Å². The molecule has 48 heavy (non-hydrogen) atoms. The maximum Gasteiger partial charge on any atom is 0.329 e. The van der Waals surface area contributed by atoms with Gasteiger partial charge < -0.3 is 24.9 Å². The molecule has 252 valence electrons. The molecule has 12 nitrogen and oxygen atoms in total. The minimum absolute atomic E-state index is 0.0521. The number of benzene rings is 2. The molecule has 1 aliphatic heterocycles. The molecule has 0 radical (unpaired) electrons. The third-order valence-electron chi connectivity index (χ3n) is 7.47. The molecule has 3 N–H and O–H groups in total. The van der Waals surface area contributed by atoms with Gasteiger partial charge in [0.2, 0.25) is 11.8 Å². The highest BCUT2D eigenvalue weighted by molar-refractivity contribution is 6.39. The molecule has 0 spiro atoms. The maximum absolute atomic E-state index is 13.8. The zero-order valence-corrected chi connectivity index (χ0v) is 28.1. The summed E-state index contributed by atoms with van der Waals surface area (Å²) in [4.78, 5) is 62.2. The van der Waals surface area contributed by atoms with Gasteiger partial charge in [-0.2, -0.15) is 0 Å². The molecule has 3 heterocycles. The van der Waals surface area contributed by atoms with Crippen LogP contribution < -0.4 is 16.2 Å². The van der Waals surface area contributed by atoms with E-state index < -0.39 is 47.5 Å². The van der Waals surface area contributed by atoms with E-state index in [0.29, 0.717) is 47.2 Å². The number of aryl methyl sites for hydroxylation is 2. The van der Waals surface area contributed by atoms with E-state index in [1.165, 1.54) is 10.8 Å². The molecule has 2 unspecified atom stereocenters. The van der Waals surface area contributed by atoms with Crippen LogP contribution in [0.1, 0.15) is 73.9 Å². The number of hydrogen-bond acceptors (Lipinski definition) is 9. The van der Waals surface area contributed by atoms with Crippen molar-refractivity contribution in [3.05, 3.63) is 98.1 Å². The minimum atomic E-state index is -1.49. The molecule has 0 saturated carbocycles. The number of rotatable bonds is 11. The Hall–Kier alpha value is -4.52. The molecule has 4 aromatic rings. The first kappa shape index (κ1) is 34.8. The van der Waals surface area contributed by atoms with Gasteiger partial charge in [-0.05, 0) is 51.3 Å². The lowest BCUT2D eigenvalue weighted by Gasteiger charge is -2.25. The van der Waals surface area contributed by atoms with E-state index >= 15 is 0 Å². The normalized spacial score (nSPS) is 13.8. The quantitative estimate of drug-likeness (QED) is 0.177. The van der Waals surface area contributed by atoms with Gasteiger partial charge in [0.05, 0.1) is 21.8 Å². The van der Waals surface area contributed by atoms with Gasteiger partial charge in [0.25, 0.3) is 11.5 Å². The van der Waals surface area contributed by atoms with E-state index in [-0.39, 0.29) is 29.5 Å². The van der Waals surface area contributed by atoms with E-state index in [9.17, 15) is 24.3 Å². The van der Waals surface area contributed by atoms with Gasteiger partial charge in [0.15, 0.2) is 11.5 Å². The number of carbonyl (C=O) groups is 3. The minimum Gasteiger partial charge on any atom is -0.458 e. The molecule has 0 bridgehead atoms. The van der Waals surface area contributed by atoms with Crippen molar-refractivity contribution >= 4 is 46.7 Å². The standard InChI is InChI=1S/C34H35Cl2N5O7/c1-34(2,3)48-33(46)22(17-23(42)31-37-18-24(47-31)27-20(35)11-7-12-21(27)36)38-30(44)28-29(32(45)41-16-8-13-25(41)39-28)40-26(43)15-14-19-9-5-4-6-10-19/h4-7,9-12,18,22-23,42H,8,13-17H2,1-3H3,(H,38,44)(H,40,43). The summed E-state index contributed by atoms with van der Waals surface area (Å²) in [6.45, 7) is 5.35. The smallest absolute Gasteiger partial charge is 0.329 e. The van der Waals surface area contributed by atoms with Crippen LogP contribution in [-0.2, 0) is 33.7 Å². The topological polar surface area (TPSA) is 166 Å². The molecule has 0 aliphatic carbocycles. The van der Waals surface area contributed by atoms with Crippen molar-refractivity contribution < 1.29 is 28.6 Å². The summed E-state index contributed by atoms with van der Waals surface area (Å²) in [5.74, 6) is -1.85. The van der Waals surface area contributed by atoms with E-state index in [0.717, 1.165) is 5.56 Å². The average molecular weight is 697 g/mol. The number of anilines is 1. The zero-order valence-electron chi connectivity index (χ0n) is 26.6. The summed E-state index contributed by atoms with van der Waals surface area (Å²) in [5, 5.41) is 16.9. The van der Waals surface area contributed by atoms with Crippen LogP contribution in [0, 0.1) is 0 Å². The number of nitrogens with one attached hydrogen (secondary N) is 2. The third kappa shape index (κ3) is 8.30. The van der Waals surface area contributed by atoms with Crippen LogP contribution in [0.2, 0.25) is 10.0 Å². The largest absolute Gasteiger partial charge is 0.458 e. The predicted octanol–water partition coefficient (Wildman–Crippen LogP) is 5.29. The van der Waals surface area contributed by atoms with Gasteiger partial charge in [0, 0.05) is 25.8 Å². The molecule has 1 aliphatic rings. The second-order valence-electron chi connectivity index (χ2n) is 12.3. The number of fused-ring (bicyclic) bond motifs is 1. The van der Waals surface area contributed by atoms with E-state index in [1.807, 2.05) is 30.3 Å². The van der Waals surface area contributed by atoms with Crippen LogP contribution in [0.15, 0.2) is 63.9 Å². The lowest BCUT2D eigenvalue weighted by molar-refractivity contribution is -0.158. The van der Waals surface area contributed by atoms with Gasteiger partial charge in [-0.1, -0.05) is 59.6 Å². The number of aliphatic hydroxyl groups is 1. The summed E-state index contributed by atoms with van der Waals surface area (Å²) < 4.78 is 12.7. The first-order chi connectivity index (χ1) is 22.8. The van der Waals surface area contributed by atoms with Crippen LogP contribution in [0.4, 0.5) is 5.69 Å². The van der Waals surface area contributed by atoms with Crippen LogP contribution >= 0.6 is 23.2 Å². The van der Waals surface area contributed by atoms with E-state index in [1.54, 1.807) is 39.0 Å². The van der Waals surface area contributed by atoms with Crippen molar-refractivity contribution in [2.45, 2.75) is 77.2 Å². The number of hydrogen-bond donors (Lipinski definition) is 3. The first-order valence-corrected chi connectivity index (χ1v) is 16.2. The number of aliphatic hydroxyl groups excluding tert-OH is 1. The van der Waals surface area contributed by atoms with E-state index in [4.69, 9.17) is 32.4 Å². The molecule has 0 fully saturated rings. The number of nitrogens with zero attached hydrogens (tertiary/aromatic N) is 3. The molecule has 5 rings (SSSR count). The summed E-state index contributed by atoms with van der Waals surface area (Å²) in [7, 11) is 0. The second kappa shape index (κ2) is 14.7. The second-order valence-corrected chi connectivity index (χ2v) is 13.1. The number of halogens is 2. The Kier molecular flexibility index (Phi) is 10.7. The summed E-state index contributed by atoms with van der Waals surface area (Å²) in [5.41, 5.74) is -0.859. The van der Waals surface area contributed by atoms with Crippen molar-refractivity contribution in [2.75, 3.05) is 5.32 Å². The Balaban J connectivity index is 1.40. The molecular weight excluding hydrogens is 661 g/mol. The van der Waals surface area contributed by atoms with Crippen LogP contribution in [0.3, 0.4) is 0 Å². The van der Waals surface area contributed by atoms with Gasteiger partial charge >= 0.3 is 5.97 Å². The number of esters is 1. The number of aromatic nitrogens is 3. The molecule has 2 aromatic heterocycles. The fourth-order valence-corrected chi connectivity index (χ4v) is 5.81. The van der Waals surface area contributed by atoms with Crippen molar-refractivity contribution in [2.24, 2.45) is 0 Å². The molecule has 2 amide bonds. The van der Waals surface area contributed by atoms with Crippen molar-refractivity contribution in [1.82, 2.24) is 19.9 Å². The van der Waals surface area contributed by atoms with Crippen molar-refractivity contribution in [3.8, 4) is 11.3 Å². The molecule has 0 saturated heterocycles. The van der Waals surface area contributed by atoms with Crippen molar-refractivity contribution in [1.29, 1.82) is 0 Å². The van der Waals surface area contributed by atoms with Crippen LogP contribution in [-0.4, -0.2) is 49.1 Å². The summed E-state index contributed by atoms with van der Waals surface area (Å²) in [6.07, 6.45) is 0.982. The Bertz CT molecular complexity index is 1860. The van der Waals surface area contributed by atoms with Gasteiger partial charge in [-0.3, -0.25) is 19.0 Å². The zero-order chi connectivity index (χ0) is 34.6. The predicted molar refractivity (Wildman–Crippen MR) is 179 cm³/mol. The highest BCUT2D eigenvalue weighted by atomic mass is 35.5. The first-order valence-electron chi connectivity index (χ1n) is 15.4. The third-order valence-corrected chi connectivity index (χ3v) is 8.10. The van der Waals surface area contributed by atoms with E-state index in [2.05, 4.69) is 20.6 Å². The number of amides is 2. The maximum atomic E-state index is 13.8. The van der Waals surface area contributed by atoms with Gasteiger partial charge in [0.1, 0.15) is 29.3 Å². The Morgan fingerprint density at radius 2 is 1.79 bits per heavy atom. The molecule has 2 atom stereocenters. The van der Waals surface area contributed by atoms with Crippen LogP contribution in [0.5, 0.6) is 0 Å². The SMILES string of the molecule is CC(C)(C)OC(=O)C(CC(O)c1ncc(-c2c(Cl)cccc2Cl)o1)NC(=O)c1nc2n(c(=O)c1NC(=O)CCc1ccccc1)CCC2. The van der Waals surface area contributed by atoms with Gasteiger partial charge in [-0.15, -0.1) is 0 Å². The molecular formula is C34H35Cl2N5O7. The fourth-order valence-electron chi connectivity index (χ4n) is 5.23. The fraction of sp³-hybridized carbons (Fsp3) is 0.353. The highest BCUT2D eigenvalue weighted by Gasteiger charge is 2.33. The lowest BCUT2D eigenvalue weighted by Crippen LogP contribution is -2.46. The summed E-state index contributed by atoms with van der Waals surface area (Å²) in [6, 6.07) is 12.8. The molecule has 14 heteroatoms. The van der Waals surface area contributed by atoms with Gasteiger partial charge in [-0.25, -0.2) is 14.8 Å². The Morgan fingerprint density at radius 1 is 1.08 bits per heavy atom. The Labute approximate surface area is 286 Å². The lowest BCUT2D eigenvalue weighted by atomic mass is 10.1. The highest BCUT2D eigenvalue weighted by Crippen LogP contribution is 2.36.